The van der Waals surface area contributed by atoms with Gasteiger partial charge in [0.15, 0.2) is 0 Å². The van der Waals surface area contributed by atoms with Crippen molar-refractivity contribution >= 4 is 17.5 Å². The molecule has 1 saturated heterocycles. The Hall–Kier alpha value is -2.05. The van der Waals surface area contributed by atoms with E-state index in [-0.39, 0.29) is 24.6 Å². The first-order valence-corrected chi connectivity index (χ1v) is 4.90. The fourth-order valence-corrected chi connectivity index (χ4v) is 1.76. The van der Waals surface area contributed by atoms with Gasteiger partial charge in [0.1, 0.15) is 0 Å². The molecule has 1 aromatic heterocycles. The van der Waals surface area contributed by atoms with Crippen molar-refractivity contribution in [2.24, 2.45) is 11.7 Å². The maximum absolute atomic E-state index is 12.9. The number of nitrogens with two attached hydrogens (primary N) is 1. The van der Waals surface area contributed by atoms with E-state index in [2.05, 4.69) is 4.98 Å². The van der Waals surface area contributed by atoms with Crippen LogP contribution in [-0.4, -0.2) is 23.3 Å². The van der Waals surface area contributed by atoms with Crippen LogP contribution in [-0.2, 0) is 9.59 Å². The molecule has 17 heavy (non-hydrogen) atoms. The highest BCUT2D eigenvalue weighted by atomic mass is 19.1. The first-order valence-electron chi connectivity index (χ1n) is 4.90. The molecule has 0 saturated carbocycles. The van der Waals surface area contributed by atoms with E-state index in [0.717, 1.165) is 17.0 Å². The summed E-state index contributed by atoms with van der Waals surface area (Å²) in [5.74, 6) is -3.65. The lowest BCUT2D eigenvalue weighted by atomic mass is 10.1. The van der Waals surface area contributed by atoms with Gasteiger partial charge in [0.05, 0.1) is 11.6 Å². The van der Waals surface area contributed by atoms with Crippen LogP contribution in [0.3, 0.4) is 0 Å². The highest BCUT2D eigenvalue weighted by Crippen LogP contribution is 2.25. The summed E-state index contributed by atoms with van der Waals surface area (Å²) >= 11 is 0. The van der Waals surface area contributed by atoms with Gasteiger partial charge in [-0.05, 0) is 0 Å². The highest BCUT2D eigenvalue weighted by Gasteiger charge is 2.34. The van der Waals surface area contributed by atoms with Gasteiger partial charge in [-0.3, -0.25) is 9.59 Å². The maximum atomic E-state index is 12.9. The Balaban J connectivity index is 2.28. The third-order valence-corrected chi connectivity index (χ3v) is 2.59. The number of carbonyl (C=O) groups excluding carboxylic acids is 2. The van der Waals surface area contributed by atoms with Crippen molar-refractivity contribution in [1.29, 1.82) is 0 Å². The van der Waals surface area contributed by atoms with Crippen LogP contribution in [0.1, 0.15) is 6.42 Å². The minimum Gasteiger partial charge on any atom is -0.369 e. The van der Waals surface area contributed by atoms with Crippen molar-refractivity contribution in [3.8, 4) is 0 Å². The number of carbonyl (C=O) groups is 2. The third kappa shape index (κ3) is 2.22. The molecule has 2 amide bonds. The Kier molecular flexibility index (Phi) is 2.74. The molecule has 1 unspecified atom stereocenters. The van der Waals surface area contributed by atoms with Gasteiger partial charge < -0.3 is 10.6 Å². The van der Waals surface area contributed by atoms with Crippen LogP contribution in [0.5, 0.6) is 0 Å². The standard InChI is InChI=1S/C10H9F2N3O2/c11-7-2-6(3-8(12)14-7)15-4-5(10(13)17)1-9(15)16/h2-3,5H,1,4H2,(H2,13,17). The molecule has 0 aliphatic carbocycles. The molecular formula is C10H9F2N3O2. The Morgan fingerprint density at radius 2 is 2.00 bits per heavy atom. The van der Waals surface area contributed by atoms with Gasteiger partial charge in [0.2, 0.25) is 23.7 Å². The van der Waals surface area contributed by atoms with Crippen LogP contribution in [0.25, 0.3) is 0 Å². The summed E-state index contributed by atoms with van der Waals surface area (Å²) < 4.78 is 25.8. The van der Waals surface area contributed by atoms with Crippen molar-refractivity contribution in [2.75, 3.05) is 11.4 Å². The van der Waals surface area contributed by atoms with E-state index >= 15 is 0 Å². The molecule has 0 spiro atoms. The zero-order valence-corrected chi connectivity index (χ0v) is 8.69. The van der Waals surface area contributed by atoms with Gasteiger partial charge in [-0.25, -0.2) is 0 Å². The van der Waals surface area contributed by atoms with E-state index in [4.69, 9.17) is 5.73 Å². The summed E-state index contributed by atoms with van der Waals surface area (Å²) in [5, 5.41) is 0. The number of hydrogen-bond donors (Lipinski definition) is 1. The van der Waals surface area contributed by atoms with Gasteiger partial charge in [-0.1, -0.05) is 0 Å². The molecule has 7 heteroatoms. The van der Waals surface area contributed by atoms with Gasteiger partial charge >= 0.3 is 0 Å². The molecule has 0 bridgehead atoms. The lowest BCUT2D eigenvalue weighted by Crippen LogP contribution is -2.28. The SMILES string of the molecule is NC(=O)C1CC(=O)N(c2cc(F)nc(F)c2)C1. The van der Waals surface area contributed by atoms with E-state index in [1.54, 1.807) is 0 Å². The molecule has 1 aliphatic heterocycles. The topological polar surface area (TPSA) is 76.3 Å². The quantitative estimate of drug-likeness (QED) is 0.751. The van der Waals surface area contributed by atoms with E-state index in [0.29, 0.717) is 0 Å². The first-order chi connectivity index (χ1) is 7.97. The van der Waals surface area contributed by atoms with Gasteiger partial charge in [0.25, 0.3) is 0 Å². The summed E-state index contributed by atoms with van der Waals surface area (Å²) in [5.41, 5.74) is 5.13. The van der Waals surface area contributed by atoms with E-state index in [9.17, 15) is 18.4 Å². The van der Waals surface area contributed by atoms with Crippen molar-refractivity contribution in [1.82, 2.24) is 4.98 Å². The van der Waals surface area contributed by atoms with Gasteiger partial charge in [-0.15, -0.1) is 0 Å². The predicted molar refractivity (Wildman–Crippen MR) is 53.8 cm³/mol. The fraction of sp³-hybridized carbons (Fsp3) is 0.300. The van der Waals surface area contributed by atoms with Crippen molar-refractivity contribution < 1.29 is 18.4 Å². The predicted octanol–water partition coefficient (Wildman–Crippen LogP) is 0.198. The number of halogens is 2. The van der Waals surface area contributed by atoms with E-state index < -0.39 is 23.7 Å². The molecule has 90 valence electrons. The summed E-state index contributed by atoms with van der Waals surface area (Å²) in [6.07, 6.45) is -0.0408. The Morgan fingerprint density at radius 3 is 2.47 bits per heavy atom. The highest BCUT2D eigenvalue weighted by molar-refractivity contribution is 5.99. The van der Waals surface area contributed by atoms with Crippen LogP contribution in [0.4, 0.5) is 14.5 Å². The summed E-state index contributed by atoms with van der Waals surface area (Å²) in [6.45, 7) is 0.0388. The number of hydrogen-bond acceptors (Lipinski definition) is 3. The minimum absolute atomic E-state index is 0.0388. The average Bonchev–Trinajstić information content (AvgIpc) is 2.59. The van der Waals surface area contributed by atoms with Crippen LogP contribution < -0.4 is 10.6 Å². The number of aromatic nitrogens is 1. The fourth-order valence-electron chi connectivity index (χ4n) is 1.76. The second-order valence-electron chi connectivity index (χ2n) is 3.78. The Bertz CT molecular complexity index is 472. The lowest BCUT2D eigenvalue weighted by molar-refractivity contribution is -0.123. The zero-order valence-electron chi connectivity index (χ0n) is 8.69. The Labute approximate surface area is 95.2 Å². The monoisotopic (exact) mass is 241 g/mol. The molecule has 1 aromatic rings. The number of nitrogens with zero attached hydrogens (tertiary/aromatic N) is 2. The van der Waals surface area contributed by atoms with Crippen LogP contribution in [0.2, 0.25) is 0 Å². The van der Waals surface area contributed by atoms with Gasteiger partial charge in [-0.2, -0.15) is 13.8 Å². The lowest BCUT2D eigenvalue weighted by Gasteiger charge is -2.15. The summed E-state index contributed by atoms with van der Waals surface area (Å²) in [6, 6.07) is 1.87. The summed E-state index contributed by atoms with van der Waals surface area (Å²) in [4.78, 5) is 26.6. The number of anilines is 1. The van der Waals surface area contributed by atoms with Crippen molar-refractivity contribution in [3.63, 3.8) is 0 Å². The second-order valence-corrected chi connectivity index (χ2v) is 3.78. The molecule has 2 N–H and O–H groups in total. The molecule has 1 aliphatic rings. The normalized spacial score (nSPS) is 19.8. The van der Waals surface area contributed by atoms with Crippen molar-refractivity contribution in [3.05, 3.63) is 24.0 Å². The number of amides is 2. The molecular weight excluding hydrogens is 232 g/mol. The molecule has 0 radical (unpaired) electrons. The number of primary amides is 1. The average molecular weight is 241 g/mol. The van der Waals surface area contributed by atoms with E-state index in [1.165, 1.54) is 0 Å². The van der Waals surface area contributed by atoms with Crippen LogP contribution >= 0.6 is 0 Å². The van der Waals surface area contributed by atoms with E-state index in [1.807, 2.05) is 0 Å². The molecule has 5 nitrogen and oxygen atoms in total. The number of pyridine rings is 1. The third-order valence-electron chi connectivity index (χ3n) is 2.59. The van der Waals surface area contributed by atoms with Gasteiger partial charge in [0, 0.05) is 25.1 Å². The molecule has 1 fully saturated rings. The largest absolute Gasteiger partial charge is 0.369 e. The maximum Gasteiger partial charge on any atom is 0.227 e. The zero-order chi connectivity index (χ0) is 12.6. The minimum atomic E-state index is -1.02. The molecule has 1 atom stereocenters. The molecule has 2 heterocycles. The van der Waals surface area contributed by atoms with Crippen LogP contribution in [0, 0.1) is 17.8 Å². The first kappa shape index (κ1) is 11.4. The smallest absolute Gasteiger partial charge is 0.227 e. The van der Waals surface area contributed by atoms with Crippen molar-refractivity contribution in [2.45, 2.75) is 6.42 Å². The second kappa shape index (κ2) is 4.08. The number of rotatable bonds is 2. The summed E-state index contributed by atoms with van der Waals surface area (Å²) in [7, 11) is 0. The Morgan fingerprint density at radius 1 is 1.41 bits per heavy atom. The van der Waals surface area contributed by atoms with Crippen LogP contribution in [0.15, 0.2) is 12.1 Å². The molecule has 0 aromatic carbocycles. The molecule has 2 rings (SSSR count).